The molecule has 0 bridgehead atoms. The van der Waals surface area contributed by atoms with Gasteiger partial charge in [-0.25, -0.2) is 0 Å². The molecule has 2 N–H and O–H groups in total. The standard InChI is InChI=1S/C23H29NO2S/c1-15-12-18(26-14-17-8-10-27(25)11-9-17)13-16(2)23(15)21-5-3-4-20-19(21)6-7-22(20)24/h3-5,12-13,17,22H,6-11,14,24H2,1-2H3/t17?,22-,27?/m1/s1. The van der Waals surface area contributed by atoms with Crippen LogP contribution >= 0.6 is 0 Å². The van der Waals surface area contributed by atoms with Crippen LogP contribution in [0.4, 0.5) is 0 Å². The van der Waals surface area contributed by atoms with Crippen LogP contribution in [0.5, 0.6) is 5.75 Å². The average Bonchev–Trinajstić information content (AvgIpc) is 3.03. The maximum Gasteiger partial charge on any atom is 0.119 e. The normalized spacial score (nSPS) is 24.7. The van der Waals surface area contributed by atoms with Gasteiger partial charge in [0.15, 0.2) is 0 Å². The van der Waals surface area contributed by atoms with Gasteiger partial charge in [-0.05, 0) is 85.0 Å². The van der Waals surface area contributed by atoms with E-state index in [-0.39, 0.29) is 6.04 Å². The van der Waals surface area contributed by atoms with Gasteiger partial charge in [0.05, 0.1) is 6.61 Å². The molecule has 2 aromatic carbocycles. The molecule has 1 aliphatic heterocycles. The molecule has 0 spiro atoms. The van der Waals surface area contributed by atoms with Crippen molar-refractivity contribution >= 4 is 11.2 Å². The van der Waals surface area contributed by atoms with E-state index in [1.807, 2.05) is 0 Å². The summed E-state index contributed by atoms with van der Waals surface area (Å²) in [5, 5.41) is 0. The monoisotopic (exact) mass is 383 g/mol. The van der Waals surface area contributed by atoms with Gasteiger partial charge in [0.25, 0.3) is 0 Å². The summed E-state index contributed by atoms with van der Waals surface area (Å²) >= 11 is -0.608. The number of rotatable bonds is 4. The van der Waals surface area contributed by atoms with Gasteiger partial charge in [-0.3, -0.25) is 0 Å². The maximum absolute atomic E-state index is 11.5. The van der Waals surface area contributed by atoms with Crippen molar-refractivity contribution in [2.45, 2.75) is 45.6 Å². The van der Waals surface area contributed by atoms with E-state index < -0.39 is 11.2 Å². The lowest BCUT2D eigenvalue weighted by Crippen LogP contribution is -2.26. The van der Waals surface area contributed by atoms with Gasteiger partial charge in [-0.15, -0.1) is 0 Å². The van der Waals surface area contributed by atoms with E-state index in [0.717, 1.165) is 49.5 Å². The summed E-state index contributed by atoms with van der Waals surface area (Å²) in [5.74, 6) is 3.13. The van der Waals surface area contributed by atoms with Crippen LogP contribution in [-0.4, -0.2) is 22.7 Å². The SMILES string of the molecule is Cc1cc(OCC2CC[S+]([O-])CC2)cc(C)c1-c1cccc2c1CC[C@H]2N. The molecule has 0 radical (unpaired) electrons. The lowest BCUT2D eigenvalue weighted by Gasteiger charge is -2.24. The molecule has 144 valence electrons. The Morgan fingerprint density at radius 3 is 2.52 bits per heavy atom. The fourth-order valence-corrected chi connectivity index (χ4v) is 5.97. The van der Waals surface area contributed by atoms with Crippen molar-refractivity contribution in [2.75, 3.05) is 18.1 Å². The highest BCUT2D eigenvalue weighted by atomic mass is 32.2. The molecule has 2 aromatic rings. The summed E-state index contributed by atoms with van der Waals surface area (Å²) in [6, 6.07) is 11.0. The van der Waals surface area contributed by atoms with Crippen LogP contribution in [-0.2, 0) is 17.6 Å². The van der Waals surface area contributed by atoms with Crippen LogP contribution in [0.15, 0.2) is 30.3 Å². The Bertz CT molecular complexity index is 804. The van der Waals surface area contributed by atoms with Crippen molar-refractivity contribution in [3.63, 3.8) is 0 Å². The van der Waals surface area contributed by atoms with Crippen molar-refractivity contribution in [1.29, 1.82) is 0 Å². The van der Waals surface area contributed by atoms with Gasteiger partial charge in [0.2, 0.25) is 0 Å². The van der Waals surface area contributed by atoms with Crippen LogP contribution in [0.25, 0.3) is 11.1 Å². The third kappa shape index (κ3) is 3.89. The lowest BCUT2D eigenvalue weighted by atomic mass is 9.90. The fourth-order valence-electron chi connectivity index (χ4n) is 4.58. The molecular weight excluding hydrogens is 354 g/mol. The molecule has 3 nitrogen and oxygen atoms in total. The number of fused-ring (bicyclic) bond motifs is 1. The lowest BCUT2D eigenvalue weighted by molar-refractivity contribution is 0.238. The molecule has 27 heavy (non-hydrogen) atoms. The maximum atomic E-state index is 11.5. The van der Waals surface area contributed by atoms with Crippen molar-refractivity contribution in [3.05, 3.63) is 52.6 Å². The number of hydrogen-bond donors (Lipinski definition) is 1. The molecule has 1 saturated heterocycles. The molecule has 1 atom stereocenters. The van der Waals surface area contributed by atoms with Crippen LogP contribution < -0.4 is 10.5 Å². The fraction of sp³-hybridized carbons (Fsp3) is 0.478. The number of ether oxygens (including phenoxy) is 1. The smallest absolute Gasteiger partial charge is 0.119 e. The summed E-state index contributed by atoms with van der Waals surface area (Å²) < 4.78 is 17.6. The van der Waals surface area contributed by atoms with Crippen molar-refractivity contribution in [3.8, 4) is 16.9 Å². The van der Waals surface area contributed by atoms with Gasteiger partial charge >= 0.3 is 0 Å². The highest BCUT2D eigenvalue weighted by Crippen LogP contribution is 2.40. The Morgan fingerprint density at radius 1 is 1.11 bits per heavy atom. The predicted molar refractivity (Wildman–Crippen MR) is 113 cm³/mol. The Balaban J connectivity index is 1.55. The summed E-state index contributed by atoms with van der Waals surface area (Å²) in [4.78, 5) is 0. The van der Waals surface area contributed by atoms with Crippen LogP contribution in [0.3, 0.4) is 0 Å². The molecule has 4 rings (SSSR count). The van der Waals surface area contributed by atoms with Gasteiger partial charge in [-0.1, -0.05) is 29.4 Å². The molecule has 0 unspecified atom stereocenters. The molecule has 1 heterocycles. The molecule has 2 aliphatic rings. The molecule has 0 aromatic heterocycles. The Hall–Kier alpha value is -1.49. The van der Waals surface area contributed by atoms with Gasteiger partial charge < -0.3 is 15.0 Å². The minimum absolute atomic E-state index is 0.174. The Labute approximate surface area is 165 Å². The minimum atomic E-state index is -0.608. The highest BCUT2D eigenvalue weighted by molar-refractivity contribution is 7.91. The summed E-state index contributed by atoms with van der Waals surface area (Å²) in [6.45, 7) is 5.07. The summed E-state index contributed by atoms with van der Waals surface area (Å²) in [7, 11) is 0. The van der Waals surface area contributed by atoms with Crippen LogP contribution in [0, 0.1) is 19.8 Å². The molecule has 0 amide bonds. The third-order valence-corrected chi connectivity index (χ3v) is 7.47. The number of benzene rings is 2. The number of aryl methyl sites for hydroxylation is 2. The molecule has 1 fully saturated rings. The average molecular weight is 384 g/mol. The van der Waals surface area contributed by atoms with E-state index in [0.29, 0.717) is 5.92 Å². The number of nitrogens with two attached hydrogens (primary N) is 1. The largest absolute Gasteiger partial charge is 0.616 e. The van der Waals surface area contributed by atoms with E-state index in [4.69, 9.17) is 10.5 Å². The van der Waals surface area contributed by atoms with E-state index in [9.17, 15) is 4.55 Å². The second-order valence-corrected chi connectivity index (χ2v) is 9.75. The van der Waals surface area contributed by atoms with Crippen LogP contribution in [0.2, 0.25) is 0 Å². The third-order valence-electron chi connectivity index (χ3n) is 6.09. The molecule has 4 heteroatoms. The molecule has 1 aliphatic carbocycles. The van der Waals surface area contributed by atoms with E-state index in [1.54, 1.807) is 0 Å². The van der Waals surface area contributed by atoms with E-state index >= 15 is 0 Å². The predicted octanol–water partition coefficient (Wildman–Crippen LogP) is 4.45. The highest BCUT2D eigenvalue weighted by Gasteiger charge is 2.24. The van der Waals surface area contributed by atoms with Gasteiger partial charge in [0.1, 0.15) is 17.3 Å². The first-order valence-corrected chi connectivity index (χ1v) is 11.5. The Kier molecular flexibility index (Phi) is 5.49. The number of hydrogen-bond acceptors (Lipinski definition) is 3. The van der Waals surface area contributed by atoms with Crippen molar-refractivity contribution < 1.29 is 9.29 Å². The van der Waals surface area contributed by atoms with E-state index in [1.165, 1.54) is 33.4 Å². The minimum Gasteiger partial charge on any atom is -0.616 e. The van der Waals surface area contributed by atoms with Crippen LogP contribution in [0.1, 0.15) is 47.6 Å². The van der Waals surface area contributed by atoms with Crippen molar-refractivity contribution in [1.82, 2.24) is 0 Å². The van der Waals surface area contributed by atoms with Crippen molar-refractivity contribution in [2.24, 2.45) is 11.7 Å². The van der Waals surface area contributed by atoms with E-state index in [2.05, 4.69) is 44.2 Å². The summed E-state index contributed by atoms with van der Waals surface area (Å²) in [5.41, 5.74) is 14.2. The summed E-state index contributed by atoms with van der Waals surface area (Å²) in [6.07, 6.45) is 4.13. The quantitative estimate of drug-likeness (QED) is 0.793. The zero-order valence-corrected chi connectivity index (χ0v) is 17.1. The Morgan fingerprint density at radius 2 is 1.81 bits per heavy atom. The topological polar surface area (TPSA) is 58.3 Å². The molecular formula is C23H29NO2S. The van der Waals surface area contributed by atoms with Gasteiger partial charge in [0, 0.05) is 12.0 Å². The first kappa shape index (κ1) is 18.9. The molecule has 0 saturated carbocycles. The zero-order valence-electron chi connectivity index (χ0n) is 16.3. The zero-order chi connectivity index (χ0) is 19.0. The second kappa shape index (κ2) is 7.86. The first-order valence-electron chi connectivity index (χ1n) is 9.99. The second-order valence-electron chi connectivity index (χ2n) is 8.05. The van der Waals surface area contributed by atoms with Gasteiger partial charge in [-0.2, -0.15) is 0 Å². The first-order chi connectivity index (χ1) is 13.0.